The number of anilines is 2. The van der Waals surface area contributed by atoms with Crippen molar-refractivity contribution >= 4 is 29.3 Å². The molecule has 0 radical (unpaired) electrons. The van der Waals surface area contributed by atoms with Gasteiger partial charge >= 0.3 is 6.03 Å². The normalized spacial score (nSPS) is 10.3. The number of aryl methyl sites for hydroxylation is 1. The Balaban J connectivity index is 1.96. The minimum Gasteiger partial charge on any atom is -0.363 e. The van der Waals surface area contributed by atoms with E-state index in [1.54, 1.807) is 11.8 Å². The van der Waals surface area contributed by atoms with Crippen LogP contribution in [0.2, 0.25) is 0 Å². The molecule has 0 aliphatic carbocycles. The van der Waals surface area contributed by atoms with Gasteiger partial charge in [-0.05, 0) is 31.4 Å². The van der Waals surface area contributed by atoms with Crippen molar-refractivity contribution < 1.29 is 4.79 Å². The van der Waals surface area contributed by atoms with E-state index in [0.717, 1.165) is 22.1 Å². The van der Waals surface area contributed by atoms with Crippen molar-refractivity contribution in [2.45, 2.75) is 18.4 Å². The molecule has 0 unspecified atom stereocenters. The molecule has 0 saturated carbocycles. The van der Waals surface area contributed by atoms with Gasteiger partial charge in [-0.2, -0.15) is 0 Å². The van der Waals surface area contributed by atoms with Gasteiger partial charge in [-0.3, -0.25) is 0 Å². The molecule has 0 bridgehead atoms. The van der Waals surface area contributed by atoms with Gasteiger partial charge in [-0.1, -0.05) is 6.07 Å². The Kier molecular flexibility index (Phi) is 5.81. The molecule has 122 valence electrons. The molecule has 0 spiro atoms. The quantitative estimate of drug-likeness (QED) is 0.825. The van der Waals surface area contributed by atoms with Crippen molar-refractivity contribution in [3.63, 3.8) is 0 Å². The molecule has 6 nitrogen and oxygen atoms in total. The van der Waals surface area contributed by atoms with Crippen molar-refractivity contribution in [2.75, 3.05) is 30.6 Å². The molecule has 0 atom stereocenters. The summed E-state index contributed by atoms with van der Waals surface area (Å²) in [4.78, 5) is 23.7. The fourth-order valence-electron chi connectivity index (χ4n) is 1.96. The Morgan fingerprint density at radius 3 is 2.74 bits per heavy atom. The maximum atomic E-state index is 12.0. The van der Waals surface area contributed by atoms with Gasteiger partial charge in [0.05, 0.1) is 6.54 Å². The van der Waals surface area contributed by atoms with E-state index in [2.05, 4.69) is 20.6 Å². The monoisotopic (exact) mass is 331 g/mol. The number of carbonyl (C=O) groups is 1. The number of nitrogens with one attached hydrogen (secondary N) is 2. The predicted octanol–water partition coefficient (Wildman–Crippen LogP) is 2.89. The van der Waals surface area contributed by atoms with Gasteiger partial charge in [0.25, 0.3) is 0 Å². The second-order valence-electron chi connectivity index (χ2n) is 5.22. The molecule has 2 aromatic rings. The lowest BCUT2D eigenvalue weighted by molar-refractivity contribution is 0.251. The van der Waals surface area contributed by atoms with E-state index in [1.807, 2.05) is 62.5 Å². The first kappa shape index (κ1) is 17.1. The molecule has 0 aliphatic rings. The Hall–Kier alpha value is -2.28. The Bertz CT molecular complexity index is 690. The van der Waals surface area contributed by atoms with Crippen LogP contribution in [0.5, 0.6) is 0 Å². The van der Waals surface area contributed by atoms with Crippen LogP contribution < -0.4 is 15.5 Å². The predicted molar refractivity (Wildman–Crippen MR) is 95.2 cm³/mol. The van der Waals surface area contributed by atoms with E-state index in [4.69, 9.17) is 0 Å². The average molecular weight is 331 g/mol. The zero-order chi connectivity index (χ0) is 16.8. The van der Waals surface area contributed by atoms with E-state index >= 15 is 0 Å². The number of rotatable bonds is 5. The van der Waals surface area contributed by atoms with Gasteiger partial charge in [0.2, 0.25) is 0 Å². The SMILES string of the molecule is CSc1cccc(NC(=O)NCc2nc(C)cc(N(C)C)n2)c1. The molecule has 2 amide bonds. The van der Waals surface area contributed by atoms with Crippen LogP contribution in [0, 0.1) is 6.92 Å². The number of hydrogen-bond donors (Lipinski definition) is 2. The summed E-state index contributed by atoms with van der Waals surface area (Å²) >= 11 is 1.63. The van der Waals surface area contributed by atoms with Gasteiger partial charge in [0, 0.05) is 36.4 Å². The number of hydrogen-bond acceptors (Lipinski definition) is 5. The van der Waals surface area contributed by atoms with Crippen molar-refractivity contribution in [3.8, 4) is 0 Å². The van der Waals surface area contributed by atoms with Crippen molar-refractivity contribution in [2.24, 2.45) is 0 Å². The van der Waals surface area contributed by atoms with Crippen LogP contribution in [-0.2, 0) is 6.54 Å². The van der Waals surface area contributed by atoms with E-state index < -0.39 is 0 Å². The summed E-state index contributed by atoms with van der Waals surface area (Å²) in [7, 11) is 3.84. The first-order chi connectivity index (χ1) is 11.0. The smallest absolute Gasteiger partial charge is 0.319 e. The number of benzene rings is 1. The summed E-state index contributed by atoms with van der Waals surface area (Å²) in [6, 6.07) is 9.31. The number of carbonyl (C=O) groups excluding carboxylic acids is 1. The number of aromatic nitrogens is 2. The molecule has 1 heterocycles. The lowest BCUT2D eigenvalue weighted by Gasteiger charge is -2.13. The molecular weight excluding hydrogens is 310 g/mol. The molecule has 0 saturated heterocycles. The minimum absolute atomic E-state index is 0.274. The molecular formula is C16H21N5OS. The fourth-order valence-corrected chi connectivity index (χ4v) is 2.42. The second-order valence-corrected chi connectivity index (χ2v) is 6.10. The highest BCUT2D eigenvalue weighted by Gasteiger charge is 2.07. The van der Waals surface area contributed by atoms with Gasteiger partial charge in [0.1, 0.15) is 11.6 Å². The largest absolute Gasteiger partial charge is 0.363 e. The third kappa shape index (κ3) is 5.14. The standard InChI is InChI=1S/C16H21N5OS/c1-11-8-15(21(2)3)20-14(18-11)10-17-16(22)19-12-6-5-7-13(9-12)23-4/h5-9H,10H2,1-4H3,(H2,17,19,22). The van der Waals surface area contributed by atoms with E-state index in [9.17, 15) is 4.79 Å². The second kappa shape index (κ2) is 7.82. The number of amides is 2. The highest BCUT2D eigenvalue weighted by Crippen LogP contribution is 2.18. The third-order valence-corrected chi connectivity index (χ3v) is 3.81. The lowest BCUT2D eigenvalue weighted by Crippen LogP contribution is -2.29. The van der Waals surface area contributed by atoms with Crippen molar-refractivity contribution in [1.82, 2.24) is 15.3 Å². The Morgan fingerprint density at radius 2 is 2.04 bits per heavy atom. The number of nitrogens with zero attached hydrogens (tertiary/aromatic N) is 3. The number of urea groups is 1. The third-order valence-electron chi connectivity index (χ3n) is 3.08. The molecule has 1 aromatic heterocycles. The number of thioether (sulfide) groups is 1. The summed E-state index contributed by atoms with van der Waals surface area (Å²) in [5, 5.41) is 5.59. The van der Waals surface area contributed by atoms with Crippen molar-refractivity contribution in [1.29, 1.82) is 0 Å². The maximum Gasteiger partial charge on any atom is 0.319 e. The molecule has 0 fully saturated rings. The van der Waals surface area contributed by atoms with Gasteiger partial charge in [-0.25, -0.2) is 14.8 Å². The Labute approximate surface area is 140 Å². The summed E-state index contributed by atoms with van der Waals surface area (Å²) in [5.41, 5.74) is 1.63. The van der Waals surface area contributed by atoms with Crippen LogP contribution in [0.1, 0.15) is 11.5 Å². The van der Waals surface area contributed by atoms with Crippen molar-refractivity contribution in [3.05, 3.63) is 41.9 Å². The molecule has 1 aromatic carbocycles. The van der Waals surface area contributed by atoms with Crippen LogP contribution in [-0.4, -0.2) is 36.4 Å². The molecule has 23 heavy (non-hydrogen) atoms. The Morgan fingerprint density at radius 1 is 1.26 bits per heavy atom. The topological polar surface area (TPSA) is 70.2 Å². The van der Waals surface area contributed by atoms with Gasteiger partial charge in [-0.15, -0.1) is 11.8 Å². The summed E-state index contributed by atoms with van der Waals surface area (Å²) in [6.07, 6.45) is 2.00. The van der Waals surface area contributed by atoms with E-state index in [0.29, 0.717) is 5.82 Å². The maximum absolute atomic E-state index is 12.0. The summed E-state index contributed by atoms with van der Waals surface area (Å²) in [6.45, 7) is 2.18. The average Bonchev–Trinajstić information content (AvgIpc) is 2.52. The van der Waals surface area contributed by atoms with Crippen LogP contribution >= 0.6 is 11.8 Å². The zero-order valence-corrected chi connectivity index (χ0v) is 14.6. The molecule has 2 rings (SSSR count). The first-order valence-corrected chi connectivity index (χ1v) is 8.41. The van der Waals surface area contributed by atoms with Crippen LogP contribution in [0.4, 0.5) is 16.3 Å². The van der Waals surface area contributed by atoms with Gasteiger partial charge in [0.15, 0.2) is 0 Å². The highest BCUT2D eigenvalue weighted by atomic mass is 32.2. The lowest BCUT2D eigenvalue weighted by atomic mass is 10.3. The zero-order valence-electron chi connectivity index (χ0n) is 13.8. The highest BCUT2D eigenvalue weighted by molar-refractivity contribution is 7.98. The minimum atomic E-state index is -0.278. The van der Waals surface area contributed by atoms with Gasteiger partial charge < -0.3 is 15.5 Å². The van der Waals surface area contributed by atoms with Crippen LogP contribution in [0.25, 0.3) is 0 Å². The van der Waals surface area contributed by atoms with Crippen LogP contribution in [0.15, 0.2) is 35.2 Å². The molecule has 2 N–H and O–H groups in total. The molecule has 7 heteroatoms. The fraction of sp³-hybridized carbons (Fsp3) is 0.312. The summed E-state index contributed by atoms with van der Waals surface area (Å²) in [5.74, 6) is 1.41. The van der Waals surface area contributed by atoms with E-state index in [1.165, 1.54) is 0 Å². The summed E-state index contributed by atoms with van der Waals surface area (Å²) < 4.78 is 0. The van der Waals surface area contributed by atoms with E-state index in [-0.39, 0.29) is 12.6 Å². The van der Waals surface area contributed by atoms with Crippen LogP contribution in [0.3, 0.4) is 0 Å². The molecule has 0 aliphatic heterocycles. The first-order valence-electron chi connectivity index (χ1n) is 7.18.